The molecule has 4 atom stereocenters. The van der Waals surface area contributed by atoms with Crippen molar-refractivity contribution in [1.82, 2.24) is 15.5 Å². The molecule has 0 aromatic heterocycles. The highest BCUT2D eigenvalue weighted by Crippen LogP contribution is 2.43. The molecule has 0 saturated carbocycles. The molecule has 2 aromatic rings. The Kier molecular flexibility index (Phi) is 7.02. The molecule has 0 radical (unpaired) electrons. The Bertz CT molecular complexity index is 1140. The van der Waals surface area contributed by atoms with Gasteiger partial charge in [0.05, 0.1) is 6.04 Å². The highest BCUT2D eigenvalue weighted by molar-refractivity contribution is 5.94. The molecule has 3 saturated heterocycles. The summed E-state index contributed by atoms with van der Waals surface area (Å²) in [5, 5.41) is 6.12. The van der Waals surface area contributed by atoms with E-state index < -0.39 is 5.82 Å². The van der Waals surface area contributed by atoms with Crippen LogP contribution in [0.25, 0.3) is 0 Å². The number of carbonyl (C=O) groups excluding carboxylic acids is 2. The second-order valence-corrected chi connectivity index (χ2v) is 10.7. The number of hydrogen-bond donors (Lipinski definition) is 2. The summed E-state index contributed by atoms with van der Waals surface area (Å²) in [7, 11) is 0. The number of rotatable bonds is 7. The minimum Gasteiger partial charge on any atom is -0.491 e. The fourth-order valence-corrected chi connectivity index (χ4v) is 6.44. The molecule has 0 aliphatic carbocycles. The summed E-state index contributed by atoms with van der Waals surface area (Å²) in [6, 6.07) is 11.4. The Balaban J connectivity index is 1.23. The first-order valence-corrected chi connectivity index (χ1v) is 13.2. The third-order valence-corrected chi connectivity index (χ3v) is 8.41. The van der Waals surface area contributed by atoms with Gasteiger partial charge < -0.3 is 15.4 Å². The quantitative estimate of drug-likeness (QED) is 0.592. The van der Waals surface area contributed by atoms with E-state index in [4.69, 9.17) is 4.74 Å². The van der Waals surface area contributed by atoms with Crippen LogP contribution < -0.4 is 15.4 Å². The van der Waals surface area contributed by atoms with Crippen LogP contribution in [0.15, 0.2) is 36.4 Å². The second-order valence-electron chi connectivity index (χ2n) is 10.7. The van der Waals surface area contributed by atoms with E-state index in [2.05, 4.69) is 48.4 Å². The highest BCUT2D eigenvalue weighted by atomic mass is 19.1. The average molecular weight is 494 g/mol. The van der Waals surface area contributed by atoms with Crippen LogP contribution in [0.2, 0.25) is 0 Å². The van der Waals surface area contributed by atoms with Gasteiger partial charge in [-0.3, -0.25) is 14.5 Å². The number of hydrogen-bond acceptors (Lipinski definition) is 4. The topological polar surface area (TPSA) is 70.7 Å². The molecule has 2 N–H and O–H groups in total. The standard InChI is InChI=1S/C29H36FN3O3/c1-17-18(2)27(36-16-22-7-12-28(34)31-22)11-10-26(17)19(3)33-24-8-9-25(33)15-23(14-24)32-29(35)20-5-4-6-21(30)13-20/h4-6,10-11,13,19,22-25H,7-9,12,14-16H2,1-3H3,(H,31,34)(H,32,35). The van der Waals surface area contributed by atoms with Gasteiger partial charge >= 0.3 is 0 Å². The van der Waals surface area contributed by atoms with Crippen LogP contribution in [0, 0.1) is 19.7 Å². The molecule has 3 aliphatic heterocycles. The number of ether oxygens (including phenoxy) is 1. The number of piperidine rings is 1. The van der Waals surface area contributed by atoms with Crippen molar-refractivity contribution in [3.05, 3.63) is 64.5 Å². The maximum absolute atomic E-state index is 13.5. The molecule has 3 heterocycles. The Morgan fingerprint density at radius 3 is 2.56 bits per heavy atom. The number of fused-ring (bicyclic) bond motifs is 2. The van der Waals surface area contributed by atoms with E-state index >= 15 is 0 Å². The van der Waals surface area contributed by atoms with E-state index in [-0.39, 0.29) is 29.9 Å². The average Bonchev–Trinajstić information content (AvgIpc) is 3.39. The first-order chi connectivity index (χ1) is 17.3. The number of halogens is 1. The van der Waals surface area contributed by atoms with Crippen molar-refractivity contribution >= 4 is 11.8 Å². The van der Waals surface area contributed by atoms with E-state index in [1.165, 1.54) is 23.3 Å². The fraction of sp³-hybridized carbons (Fsp3) is 0.517. The number of nitrogens with one attached hydrogen (secondary N) is 2. The van der Waals surface area contributed by atoms with Gasteiger partial charge in [0.25, 0.3) is 5.91 Å². The van der Waals surface area contributed by atoms with Gasteiger partial charge in [-0.25, -0.2) is 4.39 Å². The van der Waals surface area contributed by atoms with Crippen molar-refractivity contribution in [3.63, 3.8) is 0 Å². The van der Waals surface area contributed by atoms with Crippen LogP contribution in [0.5, 0.6) is 5.75 Å². The van der Waals surface area contributed by atoms with E-state index in [1.54, 1.807) is 12.1 Å². The van der Waals surface area contributed by atoms with Crippen LogP contribution in [-0.2, 0) is 4.79 Å². The maximum Gasteiger partial charge on any atom is 0.251 e. The van der Waals surface area contributed by atoms with E-state index in [0.29, 0.717) is 30.7 Å². The summed E-state index contributed by atoms with van der Waals surface area (Å²) >= 11 is 0. The van der Waals surface area contributed by atoms with E-state index in [9.17, 15) is 14.0 Å². The summed E-state index contributed by atoms with van der Waals surface area (Å²) in [5.74, 6) is 0.400. The van der Waals surface area contributed by atoms with Gasteiger partial charge in [0, 0.05) is 36.2 Å². The third-order valence-electron chi connectivity index (χ3n) is 8.41. The SMILES string of the molecule is Cc1c(OCC2CCC(=O)N2)ccc(C(C)N2C3CCC2CC(NC(=O)c2cccc(F)c2)C3)c1C. The van der Waals surface area contributed by atoms with Crippen LogP contribution in [0.3, 0.4) is 0 Å². The predicted octanol–water partition coefficient (Wildman–Crippen LogP) is 4.59. The number of nitrogens with zero attached hydrogens (tertiary/aromatic N) is 1. The van der Waals surface area contributed by atoms with Gasteiger partial charge in [0.15, 0.2) is 0 Å². The molecule has 3 aliphatic rings. The Labute approximate surface area is 212 Å². The van der Waals surface area contributed by atoms with Gasteiger partial charge in [-0.15, -0.1) is 0 Å². The summed E-state index contributed by atoms with van der Waals surface area (Å²) in [6.45, 7) is 7.06. The zero-order chi connectivity index (χ0) is 25.4. The van der Waals surface area contributed by atoms with E-state index in [1.807, 2.05) is 0 Å². The van der Waals surface area contributed by atoms with Gasteiger partial charge in [-0.1, -0.05) is 12.1 Å². The second kappa shape index (κ2) is 10.2. The van der Waals surface area contributed by atoms with Crippen LogP contribution in [0.4, 0.5) is 4.39 Å². The minimum atomic E-state index is -0.390. The van der Waals surface area contributed by atoms with Crippen LogP contribution in [-0.4, -0.2) is 47.5 Å². The van der Waals surface area contributed by atoms with Gasteiger partial charge in [0.2, 0.25) is 5.91 Å². The Hall–Kier alpha value is -2.93. The molecule has 7 heteroatoms. The molecule has 36 heavy (non-hydrogen) atoms. The number of carbonyl (C=O) groups is 2. The van der Waals surface area contributed by atoms with E-state index in [0.717, 1.165) is 43.4 Å². The molecule has 6 nitrogen and oxygen atoms in total. The molecule has 2 bridgehead atoms. The van der Waals surface area contributed by atoms with Crippen molar-refractivity contribution in [3.8, 4) is 5.75 Å². The lowest BCUT2D eigenvalue weighted by atomic mass is 9.91. The minimum absolute atomic E-state index is 0.0918. The third kappa shape index (κ3) is 4.99. The molecule has 192 valence electrons. The zero-order valence-electron chi connectivity index (χ0n) is 21.4. The van der Waals surface area contributed by atoms with Crippen molar-refractivity contribution in [2.75, 3.05) is 6.61 Å². The molecule has 4 unspecified atom stereocenters. The van der Waals surface area contributed by atoms with Crippen molar-refractivity contribution in [1.29, 1.82) is 0 Å². The molecule has 5 rings (SSSR count). The maximum atomic E-state index is 13.5. The normalized spacial score (nSPS) is 26.5. The van der Waals surface area contributed by atoms with Crippen molar-refractivity contribution < 1.29 is 18.7 Å². The van der Waals surface area contributed by atoms with Crippen LogP contribution >= 0.6 is 0 Å². The lowest BCUT2D eigenvalue weighted by molar-refractivity contribution is -0.119. The van der Waals surface area contributed by atoms with Gasteiger partial charge in [-0.2, -0.15) is 0 Å². The monoisotopic (exact) mass is 493 g/mol. The Morgan fingerprint density at radius 2 is 1.89 bits per heavy atom. The Morgan fingerprint density at radius 1 is 1.14 bits per heavy atom. The van der Waals surface area contributed by atoms with Gasteiger partial charge in [0.1, 0.15) is 18.2 Å². The molecule has 2 aromatic carbocycles. The number of amides is 2. The van der Waals surface area contributed by atoms with Crippen molar-refractivity contribution in [2.45, 2.75) is 89.5 Å². The summed E-state index contributed by atoms with van der Waals surface area (Å²) in [6.07, 6.45) is 5.49. The summed E-state index contributed by atoms with van der Waals surface area (Å²) in [4.78, 5) is 26.8. The molecule has 2 amide bonds. The largest absolute Gasteiger partial charge is 0.491 e. The first-order valence-electron chi connectivity index (χ1n) is 13.2. The lowest BCUT2D eigenvalue weighted by Gasteiger charge is -2.43. The predicted molar refractivity (Wildman–Crippen MR) is 137 cm³/mol. The fourth-order valence-electron chi connectivity index (χ4n) is 6.44. The number of benzene rings is 2. The van der Waals surface area contributed by atoms with Gasteiger partial charge in [-0.05, 0) is 93.8 Å². The van der Waals surface area contributed by atoms with Crippen LogP contribution in [0.1, 0.15) is 78.5 Å². The summed E-state index contributed by atoms with van der Waals surface area (Å²) in [5.41, 5.74) is 4.08. The molecular formula is C29H36FN3O3. The smallest absolute Gasteiger partial charge is 0.251 e. The summed E-state index contributed by atoms with van der Waals surface area (Å²) < 4.78 is 19.6. The highest BCUT2D eigenvalue weighted by Gasteiger charge is 2.43. The first kappa shape index (κ1) is 24.8. The van der Waals surface area contributed by atoms with Crippen molar-refractivity contribution in [2.24, 2.45) is 0 Å². The molecular weight excluding hydrogens is 457 g/mol. The molecule has 0 spiro atoms. The lowest BCUT2D eigenvalue weighted by Crippen LogP contribution is -2.51. The zero-order valence-corrected chi connectivity index (χ0v) is 21.4. The molecule has 3 fully saturated rings.